The summed E-state index contributed by atoms with van der Waals surface area (Å²) in [5.74, 6) is -2.28. The molecular weight excluding hydrogens is 248 g/mol. The Bertz CT molecular complexity index is 442. The number of hydrazine groups is 1. The van der Waals surface area contributed by atoms with Crippen molar-refractivity contribution in [1.29, 1.82) is 0 Å². The first-order valence-electron chi connectivity index (χ1n) is 6.39. The van der Waals surface area contributed by atoms with Crippen molar-refractivity contribution in [2.75, 3.05) is 0 Å². The molecule has 2 aliphatic rings. The van der Waals surface area contributed by atoms with Crippen LogP contribution in [0.25, 0.3) is 0 Å². The van der Waals surface area contributed by atoms with Crippen LogP contribution in [-0.2, 0) is 19.2 Å². The van der Waals surface area contributed by atoms with Crippen LogP contribution in [0.4, 0.5) is 0 Å². The summed E-state index contributed by atoms with van der Waals surface area (Å²) in [4.78, 5) is 47.7. The Morgan fingerprint density at radius 1 is 1.00 bits per heavy atom. The highest BCUT2D eigenvalue weighted by atomic mass is 16.2. The number of nitrogens with zero attached hydrogens (tertiary/aromatic N) is 2. The Balaban J connectivity index is 2.26. The number of carbonyl (C=O) groups is 4. The van der Waals surface area contributed by atoms with Crippen molar-refractivity contribution in [3.05, 3.63) is 12.7 Å². The highest BCUT2D eigenvalue weighted by molar-refractivity contribution is 6.06. The Morgan fingerprint density at radius 2 is 1.58 bits per heavy atom. The third kappa shape index (κ3) is 2.43. The van der Waals surface area contributed by atoms with E-state index in [0.29, 0.717) is 19.3 Å². The predicted octanol–water partition coefficient (Wildman–Crippen LogP) is 0.782. The van der Waals surface area contributed by atoms with Crippen LogP contribution in [0.15, 0.2) is 12.7 Å². The summed E-state index contributed by atoms with van der Waals surface area (Å²) in [6.45, 7) is 3.57. The quantitative estimate of drug-likeness (QED) is 0.557. The molecule has 1 atom stereocenters. The van der Waals surface area contributed by atoms with E-state index < -0.39 is 23.6 Å². The molecule has 2 saturated heterocycles. The van der Waals surface area contributed by atoms with Gasteiger partial charge in [-0.25, -0.2) is 0 Å². The fourth-order valence-electron chi connectivity index (χ4n) is 2.42. The molecule has 0 saturated carbocycles. The van der Waals surface area contributed by atoms with Gasteiger partial charge in [0.25, 0.3) is 5.91 Å². The Labute approximate surface area is 111 Å². The van der Waals surface area contributed by atoms with Gasteiger partial charge in [-0.05, 0) is 19.3 Å². The van der Waals surface area contributed by atoms with Gasteiger partial charge in [0, 0.05) is 25.2 Å². The van der Waals surface area contributed by atoms with E-state index in [2.05, 4.69) is 6.58 Å². The first-order valence-corrected chi connectivity index (χ1v) is 6.39. The molecule has 4 amide bonds. The second-order valence-corrected chi connectivity index (χ2v) is 4.76. The first kappa shape index (κ1) is 13.5. The van der Waals surface area contributed by atoms with Gasteiger partial charge < -0.3 is 0 Å². The van der Waals surface area contributed by atoms with Gasteiger partial charge in [-0.2, -0.15) is 10.0 Å². The van der Waals surface area contributed by atoms with Crippen LogP contribution in [0.5, 0.6) is 0 Å². The minimum atomic E-state index is -0.478. The summed E-state index contributed by atoms with van der Waals surface area (Å²) in [6, 6.07) is 0. The molecule has 6 heteroatoms. The Kier molecular flexibility index (Phi) is 3.78. The average Bonchev–Trinajstić information content (AvgIpc) is 2.36. The average molecular weight is 264 g/mol. The van der Waals surface area contributed by atoms with E-state index >= 15 is 0 Å². The monoisotopic (exact) mass is 264 g/mol. The molecule has 0 aliphatic carbocycles. The number of carbonyl (C=O) groups excluding carboxylic acids is 4. The smallest absolute Gasteiger partial charge is 0.252 e. The van der Waals surface area contributed by atoms with Gasteiger partial charge in [-0.1, -0.05) is 6.08 Å². The van der Waals surface area contributed by atoms with Crippen LogP contribution in [0.2, 0.25) is 0 Å². The minimum absolute atomic E-state index is 0.168. The van der Waals surface area contributed by atoms with E-state index in [-0.39, 0.29) is 25.2 Å². The Hall–Kier alpha value is -1.98. The third-order valence-corrected chi connectivity index (χ3v) is 3.41. The lowest BCUT2D eigenvalue weighted by atomic mass is 9.94. The molecule has 102 valence electrons. The van der Waals surface area contributed by atoms with Crippen molar-refractivity contribution in [2.45, 2.75) is 38.5 Å². The fraction of sp³-hybridized carbons (Fsp3) is 0.538. The zero-order chi connectivity index (χ0) is 14.0. The molecule has 2 aliphatic heterocycles. The first-order chi connectivity index (χ1) is 9.06. The van der Waals surface area contributed by atoms with Gasteiger partial charge in [0.05, 0.1) is 0 Å². The van der Waals surface area contributed by atoms with Crippen molar-refractivity contribution in [3.8, 4) is 0 Å². The molecule has 1 unspecified atom stereocenters. The van der Waals surface area contributed by atoms with E-state index in [0.717, 1.165) is 10.0 Å². The van der Waals surface area contributed by atoms with Crippen molar-refractivity contribution in [2.24, 2.45) is 5.92 Å². The number of allylic oxidation sites excluding steroid dienone is 1. The normalized spacial score (nSPS) is 24.9. The van der Waals surface area contributed by atoms with E-state index in [1.165, 1.54) is 0 Å². The second kappa shape index (κ2) is 5.34. The maximum Gasteiger partial charge on any atom is 0.252 e. The largest absolute Gasteiger partial charge is 0.273 e. The van der Waals surface area contributed by atoms with Gasteiger partial charge in [0.15, 0.2) is 0 Å². The fourth-order valence-corrected chi connectivity index (χ4v) is 2.42. The third-order valence-electron chi connectivity index (χ3n) is 3.41. The minimum Gasteiger partial charge on any atom is -0.273 e. The van der Waals surface area contributed by atoms with Crippen LogP contribution in [0.1, 0.15) is 38.5 Å². The van der Waals surface area contributed by atoms with E-state index in [9.17, 15) is 19.2 Å². The molecule has 0 radical (unpaired) electrons. The van der Waals surface area contributed by atoms with Gasteiger partial charge in [0.2, 0.25) is 17.7 Å². The van der Waals surface area contributed by atoms with Crippen molar-refractivity contribution >= 4 is 23.6 Å². The Morgan fingerprint density at radius 3 is 2.16 bits per heavy atom. The van der Waals surface area contributed by atoms with Gasteiger partial charge in [0.1, 0.15) is 0 Å². The van der Waals surface area contributed by atoms with Gasteiger partial charge in [-0.3, -0.25) is 19.2 Å². The number of amides is 4. The lowest BCUT2D eigenvalue weighted by Crippen LogP contribution is -2.59. The van der Waals surface area contributed by atoms with Crippen LogP contribution >= 0.6 is 0 Å². The van der Waals surface area contributed by atoms with Gasteiger partial charge in [-0.15, -0.1) is 6.58 Å². The van der Waals surface area contributed by atoms with Crippen LogP contribution in [-0.4, -0.2) is 33.6 Å². The number of imide groups is 2. The number of hydrogen-bond donors (Lipinski definition) is 0. The van der Waals surface area contributed by atoms with Crippen LogP contribution < -0.4 is 0 Å². The molecule has 2 heterocycles. The van der Waals surface area contributed by atoms with Crippen molar-refractivity contribution < 1.29 is 19.2 Å². The van der Waals surface area contributed by atoms with Crippen LogP contribution in [0.3, 0.4) is 0 Å². The summed E-state index contributed by atoms with van der Waals surface area (Å²) in [5, 5.41) is 1.49. The molecule has 0 aromatic rings. The molecule has 0 aromatic carbocycles. The van der Waals surface area contributed by atoms with Crippen molar-refractivity contribution in [1.82, 2.24) is 10.0 Å². The SMILES string of the molecule is C=CCC1CCC(=O)N(N2C(=O)CCCC2=O)C1=O. The molecule has 0 spiro atoms. The van der Waals surface area contributed by atoms with Gasteiger partial charge >= 0.3 is 0 Å². The summed E-state index contributed by atoms with van der Waals surface area (Å²) in [5.41, 5.74) is 0. The molecule has 6 nitrogen and oxygen atoms in total. The van der Waals surface area contributed by atoms with E-state index in [4.69, 9.17) is 0 Å². The van der Waals surface area contributed by atoms with Crippen LogP contribution in [0, 0.1) is 5.92 Å². The molecule has 2 rings (SSSR count). The highest BCUT2D eigenvalue weighted by Crippen LogP contribution is 2.26. The predicted molar refractivity (Wildman–Crippen MR) is 65.1 cm³/mol. The van der Waals surface area contributed by atoms with Crippen molar-refractivity contribution in [3.63, 3.8) is 0 Å². The molecule has 0 aromatic heterocycles. The number of piperidine rings is 2. The number of rotatable bonds is 3. The topological polar surface area (TPSA) is 74.8 Å². The van der Waals surface area contributed by atoms with E-state index in [1.54, 1.807) is 6.08 Å². The van der Waals surface area contributed by atoms with E-state index in [1.807, 2.05) is 0 Å². The second-order valence-electron chi connectivity index (χ2n) is 4.76. The summed E-state index contributed by atoms with van der Waals surface area (Å²) < 4.78 is 0. The zero-order valence-electron chi connectivity index (χ0n) is 10.6. The lowest BCUT2D eigenvalue weighted by Gasteiger charge is -2.38. The maximum absolute atomic E-state index is 12.2. The summed E-state index contributed by atoms with van der Waals surface area (Å²) >= 11 is 0. The molecule has 2 fully saturated rings. The summed E-state index contributed by atoms with van der Waals surface area (Å²) in [7, 11) is 0. The standard InChI is InChI=1S/C13H16N2O4/c1-2-4-9-7-8-12(18)15(13(9)19)14-10(16)5-3-6-11(14)17/h2,9H,1,3-8H2. The molecule has 19 heavy (non-hydrogen) atoms. The molecule has 0 bridgehead atoms. The maximum atomic E-state index is 12.2. The lowest BCUT2D eigenvalue weighted by molar-refractivity contribution is -0.186. The highest BCUT2D eigenvalue weighted by Gasteiger charge is 2.42. The molecular formula is C13H16N2O4. The zero-order valence-corrected chi connectivity index (χ0v) is 10.6. The molecule has 0 N–H and O–H groups in total. The summed E-state index contributed by atoms with van der Waals surface area (Å²) in [6.07, 6.45) is 3.51. The number of hydrogen-bond acceptors (Lipinski definition) is 4.